The Hall–Kier alpha value is -2.49. The smallest absolute Gasteiger partial charge is 0.341 e. The fourth-order valence-electron chi connectivity index (χ4n) is 3.71. The van der Waals surface area contributed by atoms with Crippen LogP contribution in [-0.4, -0.2) is 42.4 Å². The Balaban J connectivity index is 1.72. The fraction of sp³-hybridized carbons (Fsp3) is 0.429. The molecule has 1 aromatic heterocycles. The van der Waals surface area contributed by atoms with E-state index in [1.54, 1.807) is 11.9 Å². The Morgan fingerprint density at radius 2 is 2.16 bits per heavy atom. The van der Waals surface area contributed by atoms with E-state index in [9.17, 15) is 19.7 Å². The van der Waals surface area contributed by atoms with Crippen LogP contribution in [0.1, 0.15) is 39.7 Å². The zero-order valence-corrected chi connectivity index (χ0v) is 19.1. The molecule has 1 unspecified atom stereocenters. The van der Waals surface area contributed by atoms with Crippen molar-refractivity contribution in [2.45, 2.75) is 32.7 Å². The Labute approximate surface area is 189 Å². The van der Waals surface area contributed by atoms with Gasteiger partial charge in [-0.15, -0.1) is 11.3 Å². The van der Waals surface area contributed by atoms with Gasteiger partial charge in [-0.2, -0.15) is 0 Å². The molecule has 1 amide bonds. The van der Waals surface area contributed by atoms with Crippen LogP contribution in [0.4, 0.5) is 10.7 Å². The van der Waals surface area contributed by atoms with Crippen LogP contribution < -0.4 is 5.32 Å². The Kier molecular flexibility index (Phi) is 7.30. The first-order chi connectivity index (χ1) is 14.7. The lowest BCUT2D eigenvalue weighted by Gasteiger charge is -2.18. The number of halogens is 1. The van der Waals surface area contributed by atoms with Crippen LogP contribution in [0.5, 0.6) is 0 Å². The molecule has 1 aromatic carbocycles. The largest absolute Gasteiger partial charge is 0.465 e. The van der Waals surface area contributed by atoms with Crippen LogP contribution in [0.25, 0.3) is 0 Å². The van der Waals surface area contributed by atoms with Crippen LogP contribution in [-0.2, 0) is 28.9 Å². The molecule has 0 aliphatic heterocycles. The van der Waals surface area contributed by atoms with Crippen molar-refractivity contribution in [3.63, 3.8) is 0 Å². The molecule has 10 heteroatoms. The number of carbonyl (C=O) groups excluding carboxylic acids is 2. The lowest BCUT2D eigenvalue weighted by molar-refractivity contribution is -0.384. The van der Waals surface area contributed by atoms with Gasteiger partial charge in [0.1, 0.15) is 5.00 Å². The van der Waals surface area contributed by atoms with Crippen molar-refractivity contribution in [3.8, 4) is 0 Å². The molecule has 0 saturated carbocycles. The van der Waals surface area contributed by atoms with Gasteiger partial charge in [-0.3, -0.25) is 19.8 Å². The zero-order chi connectivity index (χ0) is 22.7. The molecule has 0 bridgehead atoms. The van der Waals surface area contributed by atoms with Gasteiger partial charge in [-0.05, 0) is 49.4 Å². The monoisotopic (exact) mass is 465 g/mol. The highest BCUT2D eigenvalue weighted by Gasteiger charge is 2.29. The quantitative estimate of drug-likeness (QED) is 0.371. The lowest BCUT2D eigenvalue weighted by Crippen LogP contribution is -2.30. The van der Waals surface area contributed by atoms with E-state index in [1.165, 1.54) is 36.6 Å². The third-order valence-electron chi connectivity index (χ3n) is 5.25. The minimum Gasteiger partial charge on any atom is -0.465 e. The maximum absolute atomic E-state index is 12.7. The van der Waals surface area contributed by atoms with Gasteiger partial charge in [0.2, 0.25) is 5.91 Å². The molecule has 3 rings (SSSR count). The van der Waals surface area contributed by atoms with Crippen molar-refractivity contribution in [2.75, 3.05) is 26.0 Å². The number of methoxy groups -OCH3 is 1. The molecule has 31 heavy (non-hydrogen) atoms. The molecule has 0 radical (unpaired) electrons. The van der Waals surface area contributed by atoms with Crippen LogP contribution in [0.3, 0.4) is 0 Å². The van der Waals surface area contributed by atoms with Gasteiger partial charge in [0, 0.05) is 28.6 Å². The summed E-state index contributed by atoms with van der Waals surface area (Å²) >= 11 is 7.58. The number of nitrogens with one attached hydrogen (secondary N) is 1. The van der Waals surface area contributed by atoms with E-state index in [0.717, 1.165) is 29.7 Å². The van der Waals surface area contributed by atoms with Gasteiger partial charge in [0.25, 0.3) is 5.69 Å². The molecule has 1 atom stereocenters. The molecule has 0 saturated heterocycles. The molecule has 8 nitrogen and oxygen atoms in total. The zero-order valence-electron chi connectivity index (χ0n) is 17.6. The Morgan fingerprint density at radius 1 is 1.42 bits per heavy atom. The number of fused-ring (bicyclic) bond motifs is 1. The average molecular weight is 466 g/mol. The fourth-order valence-corrected chi connectivity index (χ4v) is 5.30. The van der Waals surface area contributed by atoms with Crippen molar-refractivity contribution < 1.29 is 19.2 Å². The van der Waals surface area contributed by atoms with Gasteiger partial charge in [-0.1, -0.05) is 18.5 Å². The first kappa shape index (κ1) is 23.2. The molecule has 2 aromatic rings. The number of esters is 1. The Bertz CT molecular complexity index is 1020. The molecule has 1 heterocycles. The number of non-ortho nitro benzene ring substituents is 1. The predicted molar refractivity (Wildman–Crippen MR) is 120 cm³/mol. The second kappa shape index (κ2) is 9.76. The molecular weight excluding hydrogens is 442 g/mol. The van der Waals surface area contributed by atoms with E-state index in [0.29, 0.717) is 27.1 Å². The van der Waals surface area contributed by atoms with Gasteiger partial charge < -0.3 is 10.1 Å². The maximum Gasteiger partial charge on any atom is 0.341 e. The highest BCUT2D eigenvalue weighted by molar-refractivity contribution is 7.17. The number of hydrogen-bond donors (Lipinski definition) is 1. The number of anilines is 1. The van der Waals surface area contributed by atoms with Crippen molar-refractivity contribution >= 4 is 45.5 Å². The molecule has 0 spiro atoms. The number of rotatable bonds is 7. The maximum atomic E-state index is 12.7. The number of ether oxygens (including phenoxy) is 1. The topological polar surface area (TPSA) is 102 Å². The number of likely N-dealkylation sites (N-methyl/N-ethyl adjacent to an activating group) is 1. The summed E-state index contributed by atoms with van der Waals surface area (Å²) in [5.41, 5.74) is 1.93. The minimum absolute atomic E-state index is 0.0264. The van der Waals surface area contributed by atoms with Crippen molar-refractivity contribution in [1.82, 2.24) is 4.90 Å². The highest BCUT2D eigenvalue weighted by atomic mass is 35.5. The summed E-state index contributed by atoms with van der Waals surface area (Å²) in [7, 11) is 3.05. The second-order valence-corrected chi connectivity index (χ2v) is 9.31. The van der Waals surface area contributed by atoms with E-state index in [1.807, 2.05) is 0 Å². The molecule has 1 aliphatic carbocycles. The number of amides is 1. The number of nitrogens with zero attached hydrogens (tertiary/aromatic N) is 2. The summed E-state index contributed by atoms with van der Waals surface area (Å²) in [6.45, 7) is 2.46. The van der Waals surface area contributed by atoms with E-state index < -0.39 is 10.9 Å². The molecule has 1 aliphatic rings. The second-order valence-electron chi connectivity index (χ2n) is 7.80. The van der Waals surface area contributed by atoms with Crippen LogP contribution in [0, 0.1) is 16.0 Å². The first-order valence-electron chi connectivity index (χ1n) is 9.83. The molecule has 1 N–H and O–H groups in total. The van der Waals surface area contributed by atoms with Crippen molar-refractivity contribution in [1.29, 1.82) is 0 Å². The minimum atomic E-state index is -0.486. The lowest BCUT2D eigenvalue weighted by atomic mass is 9.88. The van der Waals surface area contributed by atoms with E-state index in [4.69, 9.17) is 16.3 Å². The van der Waals surface area contributed by atoms with Gasteiger partial charge in [0.15, 0.2) is 0 Å². The summed E-state index contributed by atoms with van der Waals surface area (Å²) in [4.78, 5) is 38.4. The summed E-state index contributed by atoms with van der Waals surface area (Å²) in [5.74, 6) is -0.203. The van der Waals surface area contributed by atoms with Crippen LogP contribution in [0.2, 0.25) is 5.02 Å². The number of hydrogen-bond acceptors (Lipinski definition) is 7. The third kappa shape index (κ3) is 5.41. The van der Waals surface area contributed by atoms with Crippen LogP contribution >= 0.6 is 22.9 Å². The standard InChI is InChI=1S/C21H24ClN3O5S/c1-12-4-6-15-17(8-12)31-20(19(15)21(27)30-3)23-18(26)11-24(2)10-13-9-14(25(28)29)5-7-16(13)22/h5,7,9,12H,4,6,8,10-11H2,1-3H3,(H,23,26). The number of nitro groups is 1. The van der Waals surface area contributed by atoms with E-state index in [2.05, 4.69) is 12.2 Å². The van der Waals surface area contributed by atoms with E-state index in [-0.39, 0.29) is 24.7 Å². The summed E-state index contributed by atoms with van der Waals surface area (Å²) in [5, 5.41) is 14.8. The summed E-state index contributed by atoms with van der Waals surface area (Å²) in [6.07, 6.45) is 2.66. The van der Waals surface area contributed by atoms with Crippen molar-refractivity contribution in [2.24, 2.45) is 5.92 Å². The first-order valence-corrected chi connectivity index (χ1v) is 11.0. The number of thiophene rings is 1. The SMILES string of the molecule is COC(=O)c1c(NC(=O)CN(C)Cc2cc([N+](=O)[O-])ccc2Cl)sc2c1CCC(C)C2. The molecular formula is C21H24ClN3O5S. The molecule has 166 valence electrons. The number of nitro benzene ring substituents is 1. The van der Waals surface area contributed by atoms with Gasteiger partial charge in [0.05, 0.1) is 24.1 Å². The number of carbonyl (C=O) groups is 2. The van der Waals surface area contributed by atoms with Crippen LogP contribution in [0.15, 0.2) is 18.2 Å². The van der Waals surface area contributed by atoms with Gasteiger partial charge in [-0.25, -0.2) is 4.79 Å². The molecule has 0 fully saturated rings. The summed E-state index contributed by atoms with van der Waals surface area (Å²) < 4.78 is 4.95. The third-order valence-corrected chi connectivity index (χ3v) is 6.79. The summed E-state index contributed by atoms with van der Waals surface area (Å²) in [6, 6.07) is 4.22. The van der Waals surface area contributed by atoms with Gasteiger partial charge >= 0.3 is 5.97 Å². The average Bonchev–Trinajstić information content (AvgIpc) is 3.05. The highest BCUT2D eigenvalue weighted by Crippen LogP contribution is 2.40. The Morgan fingerprint density at radius 3 is 2.84 bits per heavy atom. The van der Waals surface area contributed by atoms with Crippen molar-refractivity contribution in [3.05, 3.63) is 54.9 Å². The normalized spacial score (nSPS) is 15.5. The van der Waals surface area contributed by atoms with E-state index >= 15 is 0 Å². The number of benzene rings is 1. The predicted octanol–water partition coefficient (Wildman–Crippen LogP) is 4.29.